The Kier molecular flexibility index (Phi) is 7.11. The van der Waals surface area contributed by atoms with Crippen LogP contribution in [0.25, 0.3) is 0 Å². The van der Waals surface area contributed by atoms with E-state index < -0.39 is 6.10 Å². The number of amides is 1. The van der Waals surface area contributed by atoms with Gasteiger partial charge in [-0.15, -0.1) is 0 Å². The van der Waals surface area contributed by atoms with Gasteiger partial charge in [-0.3, -0.25) is 4.79 Å². The quantitative estimate of drug-likeness (QED) is 0.592. The molecule has 0 aliphatic carbocycles. The molecule has 0 radical (unpaired) electrons. The SMILES string of the molecule is CCOC(CNC(=O)C1CNCCO1)OCC. The maximum absolute atomic E-state index is 11.7. The van der Waals surface area contributed by atoms with Crippen molar-refractivity contribution in [3.05, 3.63) is 0 Å². The fourth-order valence-electron chi connectivity index (χ4n) is 1.57. The molecule has 0 spiro atoms. The average molecular weight is 246 g/mol. The van der Waals surface area contributed by atoms with Gasteiger partial charge in [0.15, 0.2) is 6.29 Å². The van der Waals surface area contributed by atoms with Gasteiger partial charge in [0.25, 0.3) is 5.91 Å². The number of nitrogens with one attached hydrogen (secondary N) is 2. The van der Waals surface area contributed by atoms with Gasteiger partial charge < -0.3 is 24.8 Å². The van der Waals surface area contributed by atoms with Crippen LogP contribution in [0, 0.1) is 0 Å². The second-order valence-corrected chi connectivity index (χ2v) is 3.65. The zero-order valence-electron chi connectivity index (χ0n) is 10.5. The molecular formula is C11H22N2O4. The van der Waals surface area contributed by atoms with Gasteiger partial charge in [0.1, 0.15) is 6.10 Å². The molecule has 2 N–H and O–H groups in total. The maximum Gasteiger partial charge on any atom is 0.250 e. The number of rotatable bonds is 7. The highest BCUT2D eigenvalue weighted by molar-refractivity contribution is 5.81. The number of morpholine rings is 1. The minimum absolute atomic E-state index is 0.124. The molecular weight excluding hydrogens is 224 g/mol. The third-order valence-corrected chi connectivity index (χ3v) is 2.37. The first kappa shape index (κ1) is 14.4. The molecule has 1 rings (SSSR count). The van der Waals surface area contributed by atoms with E-state index in [1.165, 1.54) is 0 Å². The monoisotopic (exact) mass is 246 g/mol. The van der Waals surface area contributed by atoms with Gasteiger partial charge in [-0.25, -0.2) is 0 Å². The molecule has 1 amide bonds. The Balaban J connectivity index is 2.24. The lowest BCUT2D eigenvalue weighted by Gasteiger charge is -2.24. The van der Waals surface area contributed by atoms with Crippen molar-refractivity contribution in [1.29, 1.82) is 0 Å². The summed E-state index contributed by atoms with van der Waals surface area (Å²) in [6.45, 7) is 7.16. The van der Waals surface area contributed by atoms with Crippen LogP contribution in [0.5, 0.6) is 0 Å². The fraction of sp³-hybridized carbons (Fsp3) is 0.909. The van der Waals surface area contributed by atoms with Crippen LogP contribution in [0.4, 0.5) is 0 Å². The molecule has 1 fully saturated rings. The molecule has 1 unspecified atom stereocenters. The predicted octanol–water partition coefficient (Wildman–Crippen LogP) is -0.510. The number of hydrogen-bond acceptors (Lipinski definition) is 5. The molecule has 100 valence electrons. The summed E-state index contributed by atoms with van der Waals surface area (Å²) < 4.78 is 16.0. The van der Waals surface area contributed by atoms with Gasteiger partial charge in [0, 0.05) is 26.3 Å². The molecule has 0 aromatic rings. The maximum atomic E-state index is 11.7. The normalized spacial score (nSPS) is 20.5. The standard InChI is InChI=1S/C11H22N2O4/c1-3-15-10(16-4-2)8-13-11(14)9-7-12-5-6-17-9/h9-10,12H,3-8H2,1-2H3,(H,13,14). The van der Waals surface area contributed by atoms with E-state index in [9.17, 15) is 4.79 Å². The third-order valence-electron chi connectivity index (χ3n) is 2.37. The summed E-state index contributed by atoms with van der Waals surface area (Å²) in [5, 5.41) is 5.87. The Hall–Kier alpha value is -0.690. The van der Waals surface area contributed by atoms with Crippen molar-refractivity contribution in [2.45, 2.75) is 26.2 Å². The van der Waals surface area contributed by atoms with Crippen LogP contribution in [0.3, 0.4) is 0 Å². The van der Waals surface area contributed by atoms with Crippen molar-refractivity contribution < 1.29 is 19.0 Å². The lowest BCUT2D eigenvalue weighted by atomic mass is 10.3. The van der Waals surface area contributed by atoms with Crippen LogP contribution in [0.15, 0.2) is 0 Å². The second kappa shape index (κ2) is 8.41. The Morgan fingerprint density at radius 1 is 1.47 bits per heavy atom. The summed E-state index contributed by atoms with van der Waals surface area (Å²) in [4.78, 5) is 11.7. The minimum Gasteiger partial charge on any atom is -0.366 e. The molecule has 1 aliphatic rings. The van der Waals surface area contributed by atoms with Gasteiger partial charge in [0.05, 0.1) is 13.2 Å². The fourth-order valence-corrected chi connectivity index (χ4v) is 1.57. The minimum atomic E-state index is -0.410. The molecule has 1 heterocycles. The van der Waals surface area contributed by atoms with Crippen molar-refractivity contribution in [2.24, 2.45) is 0 Å². The van der Waals surface area contributed by atoms with Crippen LogP contribution in [-0.2, 0) is 19.0 Å². The highest BCUT2D eigenvalue weighted by Gasteiger charge is 2.22. The lowest BCUT2D eigenvalue weighted by Crippen LogP contribution is -2.49. The van der Waals surface area contributed by atoms with Crippen LogP contribution in [0.1, 0.15) is 13.8 Å². The van der Waals surface area contributed by atoms with Crippen molar-refractivity contribution >= 4 is 5.91 Å². The van der Waals surface area contributed by atoms with Crippen LogP contribution in [0.2, 0.25) is 0 Å². The van der Waals surface area contributed by atoms with E-state index in [0.717, 1.165) is 6.54 Å². The molecule has 1 atom stereocenters. The molecule has 17 heavy (non-hydrogen) atoms. The van der Waals surface area contributed by atoms with Crippen LogP contribution < -0.4 is 10.6 Å². The van der Waals surface area contributed by atoms with E-state index in [4.69, 9.17) is 14.2 Å². The third kappa shape index (κ3) is 5.45. The van der Waals surface area contributed by atoms with Crippen LogP contribution in [-0.4, -0.2) is 57.8 Å². The first-order chi connectivity index (χ1) is 8.27. The zero-order chi connectivity index (χ0) is 12.5. The van der Waals surface area contributed by atoms with E-state index in [-0.39, 0.29) is 12.2 Å². The second-order valence-electron chi connectivity index (χ2n) is 3.65. The van der Waals surface area contributed by atoms with Gasteiger partial charge in [-0.2, -0.15) is 0 Å². The first-order valence-corrected chi connectivity index (χ1v) is 6.11. The first-order valence-electron chi connectivity index (χ1n) is 6.11. The Morgan fingerprint density at radius 2 is 2.18 bits per heavy atom. The lowest BCUT2D eigenvalue weighted by molar-refractivity contribution is -0.146. The van der Waals surface area contributed by atoms with Crippen LogP contribution >= 0.6 is 0 Å². The Bertz CT molecular complexity index is 214. The van der Waals surface area contributed by atoms with Gasteiger partial charge in [0.2, 0.25) is 0 Å². The Morgan fingerprint density at radius 3 is 2.71 bits per heavy atom. The van der Waals surface area contributed by atoms with E-state index in [2.05, 4.69) is 10.6 Å². The molecule has 1 aliphatic heterocycles. The number of ether oxygens (including phenoxy) is 3. The largest absolute Gasteiger partial charge is 0.366 e. The Labute approximate surface area is 102 Å². The van der Waals surface area contributed by atoms with E-state index >= 15 is 0 Å². The molecule has 6 nitrogen and oxygen atoms in total. The summed E-state index contributed by atoms with van der Waals surface area (Å²) >= 11 is 0. The molecule has 0 saturated carbocycles. The highest BCUT2D eigenvalue weighted by Crippen LogP contribution is 1.98. The molecule has 0 aromatic heterocycles. The summed E-state index contributed by atoms with van der Waals surface area (Å²) in [6.07, 6.45) is -0.793. The van der Waals surface area contributed by atoms with Crippen molar-refractivity contribution in [3.63, 3.8) is 0 Å². The highest BCUT2D eigenvalue weighted by atomic mass is 16.7. The summed E-state index contributed by atoms with van der Waals surface area (Å²) in [5.74, 6) is -0.124. The zero-order valence-corrected chi connectivity index (χ0v) is 10.5. The van der Waals surface area contributed by atoms with Crippen molar-refractivity contribution in [2.75, 3.05) is 39.5 Å². The topological polar surface area (TPSA) is 68.8 Å². The van der Waals surface area contributed by atoms with Gasteiger partial charge in [-0.05, 0) is 13.8 Å². The van der Waals surface area contributed by atoms with Crippen molar-refractivity contribution in [3.8, 4) is 0 Å². The van der Waals surface area contributed by atoms with E-state index in [0.29, 0.717) is 32.9 Å². The molecule has 0 aromatic carbocycles. The van der Waals surface area contributed by atoms with Gasteiger partial charge in [-0.1, -0.05) is 0 Å². The molecule has 1 saturated heterocycles. The van der Waals surface area contributed by atoms with Gasteiger partial charge >= 0.3 is 0 Å². The number of carbonyl (C=O) groups excluding carboxylic acids is 1. The predicted molar refractivity (Wildman–Crippen MR) is 62.7 cm³/mol. The van der Waals surface area contributed by atoms with Crippen molar-refractivity contribution in [1.82, 2.24) is 10.6 Å². The summed E-state index contributed by atoms with van der Waals surface area (Å²) in [5.41, 5.74) is 0. The average Bonchev–Trinajstić information content (AvgIpc) is 2.37. The summed E-state index contributed by atoms with van der Waals surface area (Å²) in [6, 6.07) is 0. The number of carbonyl (C=O) groups is 1. The van der Waals surface area contributed by atoms with E-state index in [1.807, 2.05) is 13.8 Å². The molecule has 6 heteroatoms. The van der Waals surface area contributed by atoms with E-state index in [1.54, 1.807) is 0 Å². The smallest absolute Gasteiger partial charge is 0.250 e. The molecule has 0 bridgehead atoms. The summed E-state index contributed by atoms with van der Waals surface area (Å²) in [7, 11) is 0. The number of hydrogen-bond donors (Lipinski definition) is 2.